The molecule has 2 aromatic carbocycles. The van der Waals surface area contributed by atoms with Gasteiger partial charge in [-0.2, -0.15) is 15.1 Å². The van der Waals surface area contributed by atoms with Crippen LogP contribution in [0, 0.1) is 5.41 Å². The number of fused-ring (bicyclic) bond motifs is 1. The number of amides is 1. The second kappa shape index (κ2) is 10.2. The highest BCUT2D eigenvalue weighted by Crippen LogP contribution is 2.30. The highest BCUT2D eigenvalue weighted by atomic mass is 32.2. The zero-order chi connectivity index (χ0) is 23.2. The van der Waals surface area contributed by atoms with Crippen molar-refractivity contribution in [3.8, 4) is 23.0 Å². The lowest BCUT2D eigenvalue weighted by atomic mass is 10.1. The second-order valence-electron chi connectivity index (χ2n) is 6.90. The van der Waals surface area contributed by atoms with E-state index in [4.69, 9.17) is 24.4 Å². The van der Waals surface area contributed by atoms with Crippen molar-refractivity contribution in [1.29, 1.82) is 5.41 Å². The minimum atomic E-state index is -0.473. The molecule has 10 heteroatoms. The summed E-state index contributed by atoms with van der Waals surface area (Å²) in [5.41, 5.74) is 2.38. The van der Waals surface area contributed by atoms with Gasteiger partial charge in [0.25, 0.3) is 5.91 Å². The van der Waals surface area contributed by atoms with Crippen molar-refractivity contribution in [3.63, 3.8) is 0 Å². The van der Waals surface area contributed by atoms with Gasteiger partial charge in [-0.1, -0.05) is 12.1 Å². The Morgan fingerprint density at radius 1 is 1.03 bits per heavy atom. The van der Waals surface area contributed by atoms with E-state index >= 15 is 0 Å². The number of nitrogens with one attached hydrogen (secondary N) is 1. The topological polar surface area (TPSA) is 106 Å². The van der Waals surface area contributed by atoms with E-state index < -0.39 is 5.91 Å². The van der Waals surface area contributed by atoms with Crippen LogP contribution in [0.2, 0.25) is 0 Å². The Balaban J connectivity index is 1.36. The molecule has 0 aromatic heterocycles. The van der Waals surface area contributed by atoms with Crippen molar-refractivity contribution in [2.24, 2.45) is 10.1 Å². The average Bonchev–Trinajstić information content (AvgIpc) is 3.30. The lowest BCUT2D eigenvalue weighted by molar-refractivity contribution is -0.114. The third kappa shape index (κ3) is 5.17. The summed E-state index contributed by atoms with van der Waals surface area (Å²) in [6, 6.07) is 12.7. The number of aliphatic imine (C=N–C) groups is 1. The third-order valence-corrected chi connectivity index (χ3v) is 5.43. The molecule has 9 nitrogen and oxygen atoms in total. The first-order chi connectivity index (χ1) is 16.1. The fourth-order valence-corrected chi connectivity index (χ4v) is 3.73. The van der Waals surface area contributed by atoms with Crippen molar-refractivity contribution < 1.29 is 23.7 Å². The Morgan fingerprint density at radius 2 is 1.85 bits per heavy atom. The molecule has 1 N–H and O–H groups in total. The summed E-state index contributed by atoms with van der Waals surface area (Å²) >= 11 is 1.21. The van der Waals surface area contributed by atoms with Gasteiger partial charge in [0.2, 0.25) is 0 Å². The van der Waals surface area contributed by atoms with Crippen molar-refractivity contribution in [2.45, 2.75) is 6.42 Å². The van der Waals surface area contributed by atoms with Gasteiger partial charge in [-0.3, -0.25) is 10.2 Å². The van der Waals surface area contributed by atoms with Gasteiger partial charge in [0, 0.05) is 12.5 Å². The van der Waals surface area contributed by atoms with E-state index in [0.29, 0.717) is 41.9 Å². The molecule has 2 aromatic rings. The van der Waals surface area contributed by atoms with Crippen LogP contribution in [0.15, 0.2) is 58.1 Å². The molecule has 0 fully saturated rings. The van der Waals surface area contributed by atoms with Crippen LogP contribution in [-0.4, -0.2) is 54.9 Å². The monoisotopic (exact) mass is 466 g/mol. The van der Waals surface area contributed by atoms with E-state index in [0.717, 1.165) is 11.5 Å². The molecule has 0 saturated carbocycles. The molecule has 0 bridgehead atoms. The van der Waals surface area contributed by atoms with E-state index in [-0.39, 0.29) is 11.4 Å². The number of nitrogens with zero attached hydrogens (tertiary/aromatic N) is 3. The van der Waals surface area contributed by atoms with Gasteiger partial charge in [0.05, 0.1) is 38.6 Å². The molecular weight excluding hydrogens is 444 g/mol. The summed E-state index contributed by atoms with van der Waals surface area (Å²) in [6.45, 7) is 0.926. The Hall–Kier alpha value is -3.79. The normalized spacial score (nSPS) is 16.0. The number of hydrogen-bond donors (Lipinski definition) is 1. The number of benzene rings is 2. The number of carbonyl (C=O) groups is 1. The number of carbonyl (C=O) groups excluding carboxylic acids is 1. The molecule has 4 rings (SSSR count). The fraction of sp³-hybridized carbons (Fsp3) is 0.217. The summed E-state index contributed by atoms with van der Waals surface area (Å²) in [6.07, 6.45) is 2.27. The first-order valence-corrected chi connectivity index (χ1v) is 11.0. The minimum Gasteiger partial charge on any atom is -0.497 e. The van der Waals surface area contributed by atoms with E-state index in [9.17, 15) is 4.79 Å². The molecule has 0 unspecified atom stereocenters. The molecular formula is C23H22N4O5S. The second-order valence-corrected chi connectivity index (χ2v) is 7.71. The van der Waals surface area contributed by atoms with Gasteiger partial charge in [-0.05, 0) is 47.7 Å². The smallest absolute Gasteiger partial charge is 0.283 e. The van der Waals surface area contributed by atoms with Crippen LogP contribution < -0.4 is 18.9 Å². The van der Waals surface area contributed by atoms with Crippen molar-refractivity contribution in [1.82, 2.24) is 5.01 Å². The molecule has 0 spiro atoms. The summed E-state index contributed by atoms with van der Waals surface area (Å²) < 4.78 is 22.2. The number of hydrogen-bond acceptors (Lipinski definition) is 8. The number of thioether (sulfide) groups is 1. The zero-order valence-electron chi connectivity index (χ0n) is 18.1. The molecule has 2 heterocycles. The SMILES string of the molecule is COc1cccc(OCCCOc2ccc(/C=C3/C(=N)N4N=CSC4=NC3=O)cc2OC)c1. The largest absolute Gasteiger partial charge is 0.497 e. The Labute approximate surface area is 195 Å². The summed E-state index contributed by atoms with van der Waals surface area (Å²) in [5.74, 6) is 2.09. The van der Waals surface area contributed by atoms with Gasteiger partial charge < -0.3 is 18.9 Å². The summed E-state index contributed by atoms with van der Waals surface area (Å²) in [5, 5.41) is 14.0. The van der Waals surface area contributed by atoms with E-state index in [1.807, 2.05) is 24.3 Å². The first-order valence-electron chi connectivity index (χ1n) is 10.1. The molecule has 33 heavy (non-hydrogen) atoms. The Kier molecular flexibility index (Phi) is 6.94. The van der Waals surface area contributed by atoms with E-state index in [1.165, 1.54) is 16.8 Å². The standard InChI is InChI=1S/C23H22N4O5S/c1-29-16-5-3-6-17(13-16)31-9-4-10-32-19-8-7-15(12-20(19)30-2)11-18-21(24)27-23(26-22(18)28)33-14-25-27/h3,5-8,11-14,24H,4,9-10H2,1-2H3/b18-11-,24-21?. The number of ether oxygens (including phenoxy) is 4. The van der Waals surface area contributed by atoms with Crippen molar-refractivity contribution >= 4 is 40.3 Å². The lowest BCUT2D eigenvalue weighted by Crippen LogP contribution is -2.35. The Bertz CT molecular complexity index is 1160. The van der Waals surface area contributed by atoms with E-state index in [1.54, 1.807) is 44.0 Å². The molecule has 1 amide bonds. The predicted molar refractivity (Wildman–Crippen MR) is 128 cm³/mol. The van der Waals surface area contributed by atoms with Crippen LogP contribution in [0.1, 0.15) is 12.0 Å². The Morgan fingerprint density at radius 3 is 2.67 bits per heavy atom. The quantitative estimate of drug-likeness (QED) is 0.443. The highest BCUT2D eigenvalue weighted by Gasteiger charge is 2.32. The molecule has 2 aliphatic rings. The maximum atomic E-state index is 12.3. The lowest BCUT2D eigenvalue weighted by Gasteiger charge is -2.20. The molecule has 0 radical (unpaired) electrons. The van der Waals surface area contributed by atoms with Gasteiger partial charge >= 0.3 is 0 Å². The first kappa shape index (κ1) is 22.4. The highest BCUT2D eigenvalue weighted by molar-refractivity contribution is 8.25. The number of methoxy groups -OCH3 is 2. The van der Waals surface area contributed by atoms with Gasteiger partial charge in [0.15, 0.2) is 22.5 Å². The fourth-order valence-electron chi connectivity index (χ4n) is 3.12. The molecule has 170 valence electrons. The van der Waals surface area contributed by atoms with Crippen LogP contribution in [0.25, 0.3) is 6.08 Å². The van der Waals surface area contributed by atoms with Crippen molar-refractivity contribution in [3.05, 3.63) is 53.6 Å². The number of hydrazone groups is 1. The van der Waals surface area contributed by atoms with Crippen LogP contribution in [0.5, 0.6) is 23.0 Å². The van der Waals surface area contributed by atoms with Gasteiger partial charge in [0.1, 0.15) is 11.5 Å². The number of rotatable bonds is 9. The van der Waals surface area contributed by atoms with E-state index in [2.05, 4.69) is 10.1 Å². The van der Waals surface area contributed by atoms with Crippen LogP contribution >= 0.6 is 11.8 Å². The summed E-state index contributed by atoms with van der Waals surface area (Å²) in [7, 11) is 3.16. The molecule has 2 aliphatic heterocycles. The molecule has 0 atom stereocenters. The predicted octanol–water partition coefficient (Wildman–Crippen LogP) is 3.80. The van der Waals surface area contributed by atoms with Gasteiger partial charge in [-0.15, -0.1) is 0 Å². The zero-order valence-corrected chi connectivity index (χ0v) is 18.9. The minimum absolute atomic E-state index is 0.0124. The third-order valence-electron chi connectivity index (χ3n) is 4.75. The summed E-state index contributed by atoms with van der Waals surface area (Å²) in [4.78, 5) is 16.3. The van der Waals surface area contributed by atoms with Crippen LogP contribution in [0.3, 0.4) is 0 Å². The molecule has 0 saturated heterocycles. The molecule has 0 aliphatic carbocycles. The number of amidine groups is 2. The maximum absolute atomic E-state index is 12.3. The average molecular weight is 467 g/mol. The van der Waals surface area contributed by atoms with Gasteiger partial charge in [-0.25, -0.2) is 0 Å². The van der Waals surface area contributed by atoms with Crippen LogP contribution in [0.4, 0.5) is 0 Å². The van der Waals surface area contributed by atoms with Crippen LogP contribution in [-0.2, 0) is 4.79 Å². The van der Waals surface area contributed by atoms with Crippen molar-refractivity contribution in [2.75, 3.05) is 27.4 Å². The maximum Gasteiger partial charge on any atom is 0.283 e.